The van der Waals surface area contributed by atoms with Crippen LogP contribution in [0.1, 0.15) is 42.5 Å². The van der Waals surface area contributed by atoms with Gasteiger partial charge in [-0.2, -0.15) is 0 Å². The lowest BCUT2D eigenvalue weighted by atomic mass is 9.89. The Hall–Kier alpha value is -0.890. The van der Waals surface area contributed by atoms with E-state index < -0.39 is 0 Å². The Morgan fingerprint density at radius 3 is 2.56 bits per heavy atom. The SMILES string of the molecule is Cc1cc(C)c(C2CCC(C)CN2)c(F)c1. The third-order valence-corrected chi connectivity index (χ3v) is 3.49. The summed E-state index contributed by atoms with van der Waals surface area (Å²) in [4.78, 5) is 0. The monoisotopic (exact) mass is 221 g/mol. The topological polar surface area (TPSA) is 12.0 Å². The molecule has 1 aliphatic heterocycles. The largest absolute Gasteiger partial charge is 0.310 e. The molecule has 1 saturated heterocycles. The maximum Gasteiger partial charge on any atom is 0.128 e. The molecule has 0 bridgehead atoms. The average Bonchev–Trinajstić information content (AvgIpc) is 2.19. The van der Waals surface area contributed by atoms with E-state index in [0.717, 1.165) is 29.7 Å². The van der Waals surface area contributed by atoms with Crippen molar-refractivity contribution in [1.82, 2.24) is 5.32 Å². The first kappa shape index (κ1) is 11.6. The van der Waals surface area contributed by atoms with Crippen LogP contribution in [0.2, 0.25) is 0 Å². The summed E-state index contributed by atoms with van der Waals surface area (Å²) in [5, 5.41) is 3.45. The molecule has 16 heavy (non-hydrogen) atoms. The van der Waals surface area contributed by atoms with Crippen molar-refractivity contribution in [1.29, 1.82) is 0 Å². The highest BCUT2D eigenvalue weighted by Crippen LogP contribution is 2.30. The van der Waals surface area contributed by atoms with Gasteiger partial charge in [0.1, 0.15) is 5.82 Å². The second kappa shape index (κ2) is 4.54. The number of hydrogen-bond donors (Lipinski definition) is 1. The molecule has 88 valence electrons. The van der Waals surface area contributed by atoms with Gasteiger partial charge in [-0.05, 0) is 56.3 Å². The van der Waals surface area contributed by atoms with Crippen LogP contribution in [0.5, 0.6) is 0 Å². The molecule has 1 aromatic rings. The predicted octanol–water partition coefficient (Wildman–Crippen LogP) is 3.50. The molecule has 1 heterocycles. The van der Waals surface area contributed by atoms with Crippen molar-refractivity contribution in [3.63, 3.8) is 0 Å². The van der Waals surface area contributed by atoms with E-state index in [1.165, 1.54) is 6.42 Å². The van der Waals surface area contributed by atoms with Crippen LogP contribution in [0, 0.1) is 25.6 Å². The van der Waals surface area contributed by atoms with Crippen molar-refractivity contribution in [2.45, 2.75) is 39.7 Å². The Kier molecular flexibility index (Phi) is 3.29. The molecule has 0 saturated carbocycles. The van der Waals surface area contributed by atoms with Gasteiger partial charge in [0.2, 0.25) is 0 Å². The van der Waals surface area contributed by atoms with Gasteiger partial charge in [-0.25, -0.2) is 4.39 Å². The van der Waals surface area contributed by atoms with Crippen molar-refractivity contribution >= 4 is 0 Å². The Morgan fingerprint density at radius 1 is 1.25 bits per heavy atom. The number of nitrogens with one attached hydrogen (secondary N) is 1. The third-order valence-electron chi connectivity index (χ3n) is 3.49. The molecule has 0 radical (unpaired) electrons. The fraction of sp³-hybridized carbons (Fsp3) is 0.571. The van der Waals surface area contributed by atoms with Gasteiger partial charge in [0.25, 0.3) is 0 Å². The molecule has 1 aliphatic rings. The fourth-order valence-electron chi connectivity index (χ4n) is 2.61. The van der Waals surface area contributed by atoms with Crippen molar-refractivity contribution in [3.05, 3.63) is 34.6 Å². The third kappa shape index (κ3) is 2.27. The van der Waals surface area contributed by atoms with Crippen molar-refractivity contribution < 1.29 is 4.39 Å². The minimum absolute atomic E-state index is 0.0513. The van der Waals surface area contributed by atoms with E-state index in [4.69, 9.17) is 0 Å². The van der Waals surface area contributed by atoms with Crippen LogP contribution in [0.3, 0.4) is 0 Å². The summed E-state index contributed by atoms with van der Waals surface area (Å²) >= 11 is 0. The first-order chi connectivity index (χ1) is 7.58. The Morgan fingerprint density at radius 2 is 2.00 bits per heavy atom. The molecular formula is C14H20FN. The minimum atomic E-state index is -0.0513. The minimum Gasteiger partial charge on any atom is -0.310 e. The van der Waals surface area contributed by atoms with Gasteiger partial charge in [0.15, 0.2) is 0 Å². The zero-order valence-corrected chi connectivity index (χ0v) is 10.3. The zero-order valence-electron chi connectivity index (χ0n) is 10.3. The van der Waals surface area contributed by atoms with Crippen LogP contribution in [-0.2, 0) is 0 Å². The first-order valence-corrected chi connectivity index (χ1v) is 6.08. The molecule has 1 aromatic carbocycles. The Balaban J connectivity index is 2.26. The molecule has 2 atom stereocenters. The van der Waals surface area contributed by atoms with E-state index in [1.807, 2.05) is 13.8 Å². The van der Waals surface area contributed by atoms with Crippen molar-refractivity contribution in [2.24, 2.45) is 5.92 Å². The number of aryl methyl sites for hydroxylation is 2. The molecule has 1 N–H and O–H groups in total. The highest BCUT2D eigenvalue weighted by atomic mass is 19.1. The van der Waals surface area contributed by atoms with E-state index in [0.29, 0.717) is 5.92 Å². The number of hydrogen-bond acceptors (Lipinski definition) is 1. The molecule has 0 spiro atoms. The fourth-order valence-corrected chi connectivity index (χ4v) is 2.61. The number of rotatable bonds is 1. The molecule has 0 aliphatic carbocycles. The van der Waals surface area contributed by atoms with Crippen molar-refractivity contribution in [2.75, 3.05) is 6.54 Å². The lowest BCUT2D eigenvalue weighted by Gasteiger charge is -2.29. The van der Waals surface area contributed by atoms with Gasteiger partial charge in [0.05, 0.1) is 0 Å². The number of halogens is 1. The van der Waals surface area contributed by atoms with E-state index in [-0.39, 0.29) is 11.9 Å². The molecule has 2 rings (SSSR count). The highest BCUT2D eigenvalue weighted by molar-refractivity contribution is 5.34. The maximum atomic E-state index is 14.0. The van der Waals surface area contributed by atoms with Gasteiger partial charge in [0, 0.05) is 11.6 Å². The summed E-state index contributed by atoms with van der Waals surface area (Å²) in [5.41, 5.74) is 2.95. The molecular weight excluding hydrogens is 201 g/mol. The molecule has 2 unspecified atom stereocenters. The molecule has 1 nitrogen and oxygen atoms in total. The van der Waals surface area contributed by atoms with Gasteiger partial charge >= 0.3 is 0 Å². The summed E-state index contributed by atoms with van der Waals surface area (Å²) in [7, 11) is 0. The van der Waals surface area contributed by atoms with Crippen LogP contribution in [0.4, 0.5) is 4.39 Å². The second-order valence-electron chi connectivity index (χ2n) is 5.12. The van der Waals surface area contributed by atoms with Gasteiger partial charge < -0.3 is 5.32 Å². The standard InChI is InChI=1S/C14H20FN/c1-9-4-5-13(16-8-9)14-11(3)6-10(2)7-12(14)15/h6-7,9,13,16H,4-5,8H2,1-3H3. The van der Waals surface area contributed by atoms with E-state index >= 15 is 0 Å². The lowest BCUT2D eigenvalue weighted by molar-refractivity contribution is 0.326. The Labute approximate surface area is 97.1 Å². The maximum absolute atomic E-state index is 14.0. The van der Waals surface area contributed by atoms with Gasteiger partial charge in [-0.1, -0.05) is 13.0 Å². The normalized spacial score (nSPS) is 25.8. The Bertz CT molecular complexity index is 355. The van der Waals surface area contributed by atoms with Crippen LogP contribution in [-0.4, -0.2) is 6.54 Å². The van der Waals surface area contributed by atoms with Gasteiger partial charge in [-0.3, -0.25) is 0 Å². The zero-order chi connectivity index (χ0) is 11.7. The molecule has 2 heteroatoms. The first-order valence-electron chi connectivity index (χ1n) is 6.08. The lowest BCUT2D eigenvalue weighted by Crippen LogP contribution is -2.32. The predicted molar refractivity (Wildman–Crippen MR) is 65.0 cm³/mol. The summed E-state index contributed by atoms with van der Waals surface area (Å²) in [6, 6.07) is 3.91. The van der Waals surface area contributed by atoms with Crippen molar-refractivity contribution in [3.8, 4) is 0 Å². The van der Waals surface area contributed by atoms with E-state index in [9.17, 15) is 4.39 Å². The summed E-state index contributed by atoms with van der Waals surface area (Å²) < 4.78 is 14.0. The summed E-state index contributed by atoms with van der Waals surface area (Å²) in [6.45, 7) is 7.18. The van der Waals surface area contributed by atoms with Crippen LogP contribution >= 0.6 is 0 Å². The van der Waals surface area contributed by atoms with E-state index in [2.05, 4.69) is 18.3 Å². The van der Waals surface area contributed by atoms with Crippen LogP contribution in [0.25, 0.3) is 0 Å². The second-order valence-corrected chi connectivity index (χ2v) is 5.12. The smallest absolute Gasteiger partial charge is 0.128 e. The molecule has 0 amide bonds. The molecule has 1 fully saturated rings. The molecule has 0 aromatic heterocycles. The quantitative estimate of drug-likeness (QED) is 0.765. The van der Waals surface area contributed by atoms with Crippen LogP contribution < -0.4 is 5.32 Å². The van der Waals surface area contributed by atoms with Crippen LogP contribution in [0.15, 0.2) is 12.1 Å². The average molecular weight is 221 g/mol. The summed E-state index contributed by atoms with van der Waals surface area (Å²) in [5.74, 6) is 0.662. The summed E-state index contributed by atoms with van der Waals surface area (Å²) in [6.07, 6.45) is 2.23. The number of piperidine rings is 1. The van der Waals surface area contributed by atoms with E-state index in [1.54, 1.807) is 6.07 Å². The van der Waals surface area contributed by atoms with Gasteiger partial charge in [-0.15, -0.1) is 0 Å². The number of benzene rings is 1. The highest BCUT2D eigenvalue weighted by Gasteiger charge is 2.23.